The lowest BCUT2D eigenvalue weighted by atomic mass is 9.86. The number of nitrogens with zero attached hydrogens (tertiary/aromatic N) is 3. The van der Waals surface area contributed by atoms with Gasteiger partial charge in [0.25, 0.3) is 11.2 Å². The number of anilines is 1. The lowest BCUT2D eigenvalue weighted by molar-refractivity contribution is -0.384. The van der Waals surface area contributed by atoms with Gasteiger partial charge < -0.3 is 19.7 Å². The lowest BCUT2D eigenvalue weighted by Gasteiger charge is -2.31. The Bertz CT molecular complexity index is 1410. The van der Waals surface area contributed by atoms with Crippen molar-refractivity contribution in [3.63, 3.8) is 0 Å². The first-order valence-corrected chi connectivity index (χ1v) is 10.8. The van der Waals surface area contributed by atoms with Gasteiger partial charge in [0.15, 0.2) is 5.60 Å². The van der Waals surface area contributed by atoms with Crippen LogP contribution in [0.2, 0.25) is 0 Å². The van der Waals surface area contributed by atoms with Crippen molar-refractivity contribution in [1.29, 1.82) is 0 Å². The second kappa shape index (κ2) is 7.38. The maximum Gasteiger partial charge on any atom is 0.343 e. The predicted molar refractivity (Wildman–Crippen MR) is 120 cm³/mol. The van der Waals surface area contributed by atoms with E-state index < -0.39 is 16.5 Å². The topological polar surface area (TPSA) is 137 Å². The molecular formula is C23H22N4O6. The number of aliphatic hydroxyl groups is 1. The molecule has 1 aromatic carbocycles. The molecule has 0 unspecified atom stereocenters. The summed E-state index contributed by atoms with van der Waals surface area (Å²) < 4.78 is 6.63. The third-order valence-electron chi connectivity index (χ3n) is 6.37. The lowest BCUT2D eigenvalue weighted by Crippen LogP contribution is -2.44. The van der Waals surface area contributed by atoms with Gasteiger partial charge in [-0.15, -0.1) is 0 Å². The van der Waals surface area contributed by atoms with Crippen molar-refractivity contribution < 1.29 is 19.6 Å². The Morgan fingerprint density at radius 2 is 2.06 bits per heavy atom. The minimum Gasteiger partial charge on any atom is -0.458 e. The van der Waals surface area contributed by atoms with Crippen LogP contribution >= 0.6 is 0 Å². The van der Waals surface area contributed by atoms with Crippen molar-refractivity contribution in [1.82, 2.24) is 9.55 Å². The molecule has 10 heteroatoms. The van der Waals surface area contributed by atoms with E-state index >= 15 is 0 Å². The number of nitro groups is 1. The smallest absolute Gasteiger partial charge is 0.343 e. The number of benzene rings is 1. The molecule has 0 saturated heterocycles. The zero-order valence-electron chi connectivity index (χ0n) is 18.2. The van der Waals surface area contributed by atoms with E-state index in [1.165, 1.54) is 16.7 Å². The third-order valence-corrected chi connectivity index (χ3v) is 6.37. The van der Waals surface area contributed by atoms with Crippen LogP contribution in [0.1, 0.15) is 43.4 Å². The van der Waals surface area contributed by atoms with Crippen LogP contribution in [0.15, 0.2) is 29.1 Å². The standard InChI is InChI=1S/C23H22N4O6/c1-3-5-24-17-8-14(27(31)32)7-12-6-13-10-26-18(20(13)25-19(12)17)9-16-15(21(26)28)11-33-22(29)23(16,30)4-2/h6-9,24,30H,3-5,10-11H2,1-2H3/t23-/m0/s1. The predicted octanol–water partition coefficient (Wildman–Crippen LogP) is 2.81. The Labute approximate surface area is 188 Å². The Kier molecular flexibility index (Phi) is 4.71. The van der Waals surface area contributed by atoms with Crippen LogP contribution < -0.4 is 10.9 Å². The van der Waals surface area contributed by atoms with Gasteiger partial charge >= 0.3 is 5.97 Å². The summed E-state index contributed by atoms with van der Waals surface area (Å²) in [6.07, 6.45) is 0.889. The van der Waals surface area contributed by atoms with Crippen LogP contribution in [-0.2, 0) is 28.3 Å². The van der Waals surface area contributed by atoms with E-state index in [4.69, 9.17) is 9.72 Å². The average Bonchev–Trinajstić information content (AvgIpc) is 3.16. The molecule has 0 saturated carbocycles. The van der Waals surface area contributed by atoms with Gasteiger partial charge in [0, 0.05) is 35.2 Å². The van der Waals surface area contributed by atoms with E-state index in [0.29, 0.717) is 34.5 Å². The average molecular weight is 450 g/mol. The molecule has 0 radical (unpaired) electrons. The fraction of sp³-hybridized carbons (Fsp3) is 0.348. The fourth-order valence-electron chi connectivity index (χ4n) is 4.58. The van der Waals surface area contributed by atoms with Crippen LogP contribution in [0.4, 0.5) is 11.4 Å². The van der Waals surface area contributed by atoms with Gasteiger partial charge in [0.2, 0.25) is 0 Å². The molecule has 4 heterocycles. The number of nitro benzene ring substituents is 1. The molecule has 0 aliphatic carbocycles. The molecule has 33 heavy (non-hydrogen) atoms. The van der Waals surface area contributed by atoms with Crippen LogP contribution in [0.5, 0.6) is 0 Å². The van der Waals surface area contributed by atoms with E-state index in [2.05, 4.69) is 5.32 Å². The first kappa shape index (κ1) is 21.1. The van der Waals surface area contributed by atoms with Crippen molar-refractivity contribution >= 4 is 28.2 Å². The van der Waals surface area contributed by atoms with Crippen molar-refractivity contribution in [2.75, 3.05) is 11.9 Å². The monoisotopic (exact) mass is 450 g/mol. The van der Waals surface area contributed by atoms with Crippen LogP contribution in [-0.4, -0.2) is 32.1 Å². The summed E-state index contributed by atoms with van der Waals surface area (Å²) in [6.45, 7) is 4.30. The molecule has 0 fully saturated rings. The maximum absolute atomic E-state index is 13.3. The Balaban J connectivity index is 1.75. The highest BCUT2D eigenvalue weighted by Crippen LogP contribution is 2.40. The molecule has 2 aromatic heterocycles. The van der Waals surface area contributed by atoms with Gasteiger partial charge in [-0.3, -0.25) is 14.9 Å². The molecule has 0 bridgehead atoms. The van der Waals surface area contributed by atoms with E-state index in [-0.39, 0.29) is 41.9 Å². The van der Waals surface area contributed by atoms with E-state index in [1.54, 1.807) is 19.1 Å². The highest BCUT2D eigenvalue weighted by Gasteiger charge is 2.45. The number of aromatic nitrogens is 2. The van der Waals surface area contributed by atoms with Crippen molar-refractivity contribution in [2.24, 2.45) is 0 Å². The van der Waals surface area contributed by atoms with E-state index in [0.717, 1.165) is 12.0 Å². The zero-order chi connectivity index (χ0) is 23.5. The number of hydrogen-bond acceptors (Lipinski definition) is 8. The second-order valence-corrected chi connectivity index (χ2v) is 8.35. The number of carbonyl (C=O) groups excluding carboxylic acids is 1. The molecule has 1 atom stereocenters. The molecule has 0 amide bonds. The van der Waals surface area contributed by atoms with Crippen molar-refractivity contribution in [3.05, 3.63) is 61.4 Å². The summed E-state index contributed by atoms with van der Waals surface area (Å²) in [4.78, 5) is 41.4. The highest BCUT2D eigenvalue weighted by atomic mass is 16.6. The molecule has 3 aromatic rings. The largest absolute Gasteiger partial charge is 0.458 e. The van der Waals surface area contributed by atoms with Gasteiger partial charge in [-0.2, -0.15) is 0 Å². The maximum atomic E-state index is 13.3. The fourth-order valence-corrected chi connectivity index (χ4v) is 4.58. The zero-order valence-corrected chi connectivity index (χ0v) is 18.2. The SMILES string of the molecule is CCCNc1cc([N+](=O)[O-])cc2cc3c(nc12)-c1cc2c(c(=O)n1C3)COC(=O)[C@]2(O)CC. The minimum absolute atomic E-state index is 0.0466. The van der Waals surface area contributed by atoms with Gasteiger partial charge in [-0.25, -0.2) is 9.78 Å². The number of carbonyl (C=O) groups is 1. The number of cyclic esters (lactones) is 1. The molecule has 2 aliphatic rings. The molecule has 10 nitrogen and oxygen atoms in total. The summed E-state index contributed by atoms with van der Waals surface area (Å²) in [5.41, 5.74) is 1.08. The van der Waals surface area contributed by atoms with E-state index in [1.807, 2.05) is 6.92 Å². The molecule has 2 aliphatic heterocycles. The number of rotatable bonds is 5. The van der Waals surface area contributed by atoms with Crippen LogP contribution in [0.25, 0.3) is 22.3 Å². The Morgan fingerprint density at radius 1 is 1.27 bits per heavy atom. The second-order valence-electron chi connectivity index (χ2n) is 8.35. The molecule has 0 spiro atoms. The first-order chi connectivity index (χ1) is 15.8. The summed E-state index contributed by atoms with van der Waals surface area (Å²) >= 11 is 0. The number of ether oxygens (including phenoxy) is 1. The number of fused-ring (bicyclic) bond motifs is 5. The number of nitrogens with one attached hydrogen (secondary N) is 1. The van der Waals surface area contributed by atoms with Crippen LogP contribution in [0, 0.1) is 10.1 Å². The van der Waals surface area contributed by atoms with Crippen molar-refractivity contribution in [3.8, 4) is 11.4 Å². The first-order valence-electron chi connectivity index (χ1n) is 10.8. The van der Waals surface area contributed by atoms with Crippen LogP contribution in [0.3, 0.4) is 0 Å². The van der Waals surface area contributed by atoms with Gasteiger partial charge in [0.1, 0.15) is 6.61 Å². The van der Waals surface area contributed by atoms with Gasteiger partial charge in [-0.05, 0) is 25.0 Å². The molecule has 170 valence electrons. The molecule has 2 N–H and O–H groups in total. The Hall–Kier alpha value is -3.79. The highest BCUT2D eigenvalue weighted by molar-refractivity contribution is 5.95. The minimum atomic E-state index is -1.89. The normalized spacial score (nSPS) is 18.5. The summed E-state index contributed by atoms with van der Waals surface area (Å²) in [5, 5.41) is 26.2. The van der Waals surface area contributed by atoms with Crippen molar-refractivity contribution in [2.45, 2.75) is 45.4 Å². The number of non-ortho nitro benzene ring substituents is 1. The Morgan fingerprint density at radius 3 is 2.76 bits per heavy atom. The number of pyridine rings is 2. The summed E-state index contributed by atoms with van der Waals surface area (Å²) in [5.74, 6) is -0.773. The summed E-state index contributed by atoms with van der Waals surface area (Å²) in [7, 11) is 0. The van der Waals surface area contributed by atoms with Gasteiger partial charge in [0.05, 0.1) is 39.6 Å². The molecule has 5 rings (SSSR count). The number of esters is 1. The van der Waals surface area contributed by atoms with E-state index in [9.17, 15) is 24.8 Å². The third kappa shape index (κ3) is 3.01. The summed E-state index contributed by atoms with van der Waals surface area (Å²) in [6, 6.07) is 6.38. The quantitative estimate of drug-likeness (QED) is 0.269. The number of hydrogen-bond donors (Lipinski definition) is 2. The molecular weight excluding hydrogens is 428 g/mol. The van der Waals surface area contributed by atoms with Gasteiger partial charge in [-0.1, -0.05) is 13.8 Å².